The van der Waals surface area contributed by atoms with E-state index in [4.69, 9.17) is 11.1 Å². The van der Waals surface area contributed by atoms with E-state index in [1.165, 1.54) is 0 Å². The van der Waals surface area contributed by atoms with E-state index < -0.39 is 32.6 Å². The molecule has 1 aromatic carbocycles. The average Bonchev–Trinajstić information content (AvgIpc) is 3.08. The van der Waals surface area contributed by atoms with Crippen LogP contribution in [0.4, 0.5) is 8.78 Å². The van der Waals surface area contributed by atoms with Gasteiger partial charge in [-0.25, -0.2) is 21.9 Å². The monoisotopic (exact) mass is 289 g/mol. The number of amidine groups is 1. The molecule has 0 aliphatic heterocycles. The van der Waals surface area contributed by atoms with Gasteiger partial charge < -0.3 is 5.73 Å². The molecule has 1 aliphatic carbocycles. The minimum atomic E-state index is -4.17. The summed E-state index contributed by atoms with van der Waals surface area (Å²) in [5, 5.41) is 7.35. The van der Waals surface area contributed by atoms with Crippen LogP contribution in [-0.4, -0.2) is 20.3 Å². The molecule has 4 N–H and O–H groups in total. The Morgan fingerprint density at radius 2 is 2.05 bits per heavy atom. The average molecular weight is 289 g/mol. The van der Waals surface area contributed by atoms with E-state index in [9.17, 15) is 17.2 Å². The third-order valence-corrected chi connectivity index (χ3v) is 4.37. The Balaban J connectivity index is 2.29. The summed E-state index contributed by atoms with van der Waals surface area (Å²) in [7, 11) is -4.17. The first kappa shape index (κ1) is 13.9. The summed E-state index contributed by atoms with van der Waals surface area (Å²) in [6, 6.07) is 1.36. The van der Waals surface area contributed by atoms with Crippen molar-refractivity contribution >= 4 is 15.9 Å². The van der Waals surface area contributed by atoms with E-state index >= 15 is 0 Å². The maximum absolute atomic E-state index is 13.5. The van der Waals surface area contributed by atoms with Gasteiger partial charge in [0.1, 0.15) is 22.4 Å². The number of hydrogen-bond donors (Lipinski definition) is 3. The highest BCUT2D eigenvalue weighted by atomic mass is 32.2. The van der Waals surface area contributed by atoms with Gasteiger partial charge >= 0.3 is 0 Å². The minimum absolute atomic E-state index is 0.0317. The topological polar surface area (TPSA) is 96.0 Å². The smallest absolute Gasteiger partial charge is 0.244 e. The molecule has 0 bridgehead atoms. The van der Waals surface area contributed by atoms with Crippen LogP contribution in [0, 0.1) is 23.0 Å². The number of hydrogen-bond acceptors (Lipinski definition) is 3. The van der Waals surface area contributed by atoms with Crippen molar-refractivity contribution in [1.29, 1.82) is 5.41 Å². The van der Waals surface area contributed by atoms with Crippen LogP contribution in [0.5, 0.6) is 0 Å². The zero-order valence-corrected chi connectivity index (χ0v) is 10.7. The second kappa shape index (κ2) is 4.86. The molecular weight excluding hydrogens is 276 g/mol. The molecular formula is C11H13F2N3O2S. The Morgan fingerprint density at radius 1 is 1.42 bits per heavy atom. The van der Waals surface area contributed by atoms with Crippen molar-refractivity contribution in [2.45, 2.75) is 23.8 Å². The molecule has 5 nitrogen and oxygen atoms in total. The second-order valence-corrected chi connectivity index (χ2v) is 6.15. The first-order chi connectivity index (χ1) is 8.81. The Hall–Kier alpha value is -1.54. The minimum Gasteiger partial charge on any atom is -0.386 e. The molecule has 0 aromatic heterocycles. The van der Waals surface area contributed by atoms with Crippen LogP contribution in [0.1, 0.15) is 12.8 Å². The van der Waals surface area contributed by atoms with Crippen LogP contribution in [0.15, 0.2) is 23.1 Å². The van der Waals surface area contributed by atoms with Gasteiger partial charge in [-0.15, -0.1) is 0 Å². The molecule has 1 atom stereocenters. The lowest BCUT2D eigenvalue weighted by atomic mass is 10.2. The Labute approximate surface area is 109 Å². The number of sulfonamides is 1. The highest BCUT2D eigenvalue weighted by molar-refractivity contribution is 7.89. The summed E-state index contributed by atoms with van der Waals surface area (Å²) in [6.45, 7) is 0. The maximum Gasteiger partial charge on any atom is 0.244 e. The van der Waals surface area contributed by atoms with Crippen LogP contribution in [0.2, 0.25) is 0 Å². The Bertz CT molecular complexity index is 614. The van der Waals surface area contributed by atoms with Crippen LogP contribution < -0.4 is 10.5 Å². The highest BCUT2D eigenvalue weighted by Crippen LogP contribution is 2.33. The SMILES string of the molecule is N=C(N)C(NS(=O)(=O)c1ccc(F)cc1F)C1CC1. The van der Waals surface area contributed by atoms with Gasteiger partial charge in [0.15, 0.2) is 0 Å². The van der Waals surface area contributed by atoms with Crippen molar-refractivity contribution in [2.75, 3.05) is 0 Å². The van der Waals surface area contributed by atoms with E-state index in [1.54, 1.807) is 0 Å². The fourth-order valence-electron chi connectivity index (χ4n) is 1.77. The number of halogens is 2. The van der Waals surface area contributed by atoms with Gasteiger partial charge in [-0.3, -0.25) is 5.41 Å². The standard InChI is InChI=1S/C11H13F2N3O2S/c12-7-3-4-9(8(13)5-7)19(17,18)16-10(11(14)15)6-1-2-6/h3-6,10,16H,1-2H2,(H3,14,15). The van der Waals surface area contributed by atoms with Gasteiger partial charge in [-0.05, 0) is 30.9 Å². The first-order valence-electron chi connectivity index (χ1n) is 5.62. The fraction of sp³-hybridized carbons (Fsp3) is 0.364. The predicted molar refractivity (Wildman–Crippen MR) is 65.1 cm³/mol. The number of nitrogens with two attached hydrogens (primary N) is 1. The normalized spacial score (nSPS) is 17.2. The highest BCUT2D eigenvalue weighted by Gasteiger charge is 2.36. The zero-order chi connectivity index (χ0) is 14.2. The van der Waals surface area contributed by atoms with Crippen LogP contribution in [0.3, 0.4) is 0 Å². The lowest BCUT2D eigenvalue weighted by Crippen LogP contribution is -2.45. The van der Waals surface area contributed by atoms with Gasteiger partial charge in [-0.2, -0.15) is 0 Å². The van der Waals surface area contributed by atoms with E-state index in [-0.39, 0.29) is 11.8 Å². The fourth-order valence-corrected chi connectivity index (χ4v) is 3.11. The predicted octanol–water partition coefficient (Wildman–Crippen LogP) is 0.958. The quantitative estimate of drug-likeness (QED) is 0.556. The van der Waals surface area contributed by atoms with E-state index in [1.807, 2.05) is 0 Å². The third kappa shape index (κ3) is 3.07. The van der Waals surface area contributed by atoms with Crippen molar-refractivity contribution in [1.82, 2.24) is 4.72 Å². The molecule has 1 saturated carbocycles. The molecule has 0 amide bonds. The van der Waals surface area contributed by atoms with Gasteiger partial charge in [0.05, 0.1) is 6.04 Å². The van der Waals surface area contributed by atoms with Crippen molar-refractivity contribution < 1.29 is 17.2 Å². The van der Waals surface area contributed by atoms with E-state index in [0.717, 1.165) is 25.0 Å². The Kier molecular flexibility index (Phi) is 3.55. The summed E-state index contributed by atoms with van der Waals surface area (Å²) in [5.74, 6) is -2.38. The molecule has 1 unspecified atom stereocenters. The molecule has 1 aliphatic rings. The summed E-state index contributed by atoms with van der Waals surface area (Å²) in [4.78, 5) is -0.652. The van der Waals surface area contributed by atoms with Crippen molar-refractivity contribution in [3.63, 3.8) is 0 Å². The lowest BCUT2D eigenvalue weighted by Gasteiger charge is -2.17. The molecule has 19 heavy (non-hydrogen) atoms. The maximum atomic E-state index is 13.5. The molecule has 2 rings (SSSR count). The van der Waals surface area contributed by atoms with Crippen molar-refractivity contribution in [2.24, 2.45) is 11.7 Å². The van der Waals surface area contributed by atoms with Crippen LogP contribution in [0.25, 0.3) is 0 Å². The molecule has 104 valence electrons. The van der Waals surface area contributed by atoms with Crippen molar-refractivity contribution in [3.8, 4) is 0 Å². The molecule has 0 radical (unpaired) electrons. The van der Waals surface area contributed by atoms with Crippen LogP contribution in [-0.2, 0) is 10.0 Å². The molecule has 8 heteroatoms. The van der Waals surface area contributed by atoms with Gasteiger partial charge in [0, 0.05) is 6.07 Å². The third-order valence-electron chi connectivity index (χ3n) is 2.89. The summed E-state index contributed by atoms with van der Waals surface area (Å²) in [6.07, 6.45) is 1.53. The first-order valence-corrected chi connectivity index (χ1v) is 7.11. The number of benzene rings is 1. The second-order valence-electron chi connectivity index (χ2n) is 4.47. The molecule has 0 heterocycles. The largest absolute Gasteiger partial charge is 0.386 e. The van der Waals surface area contributed by atoms with E-state index in [2.05, 4.69) is 4.72 Å². The molecule has 1 fully saturated rings. The Morgan fingerprint density at radius 3 is 2.53 bits per heavy atom. The lowest BCUT2D eigenvalue weighted by molar-refractivity contribution is 0.535. The summed E-state index contributed by atoms with van der Waals surface area (Å²) >= 11 is 0. The molecule has 1 aromatic rings. The van der Waals surface area contributed by atoms with Crippen LogP contribution >= 0.6 is 0 Å². The molecule has 0 saturated heterocycles. The number of nitrogens with one attached hydrogen (secondary N) is 2. The number of rotatable bonds is 5. The summed E-state index contributed by atoms with van der Waals surface area (Å²) < 4.78 is 52.4. The van der Waals surface area contributed by atoms with Gasteiger partial charge in [-0.1, -0.05) is 0 Å². The summed E-state index contributed by atoms with van der Waals surface area (Å²) in [5.41, 5.74) is 5.33. The van der Waals surface area contributed by atoms with Gasteiger partial charge in [0.25, 0.3) is 0 Å². The van der Waals surface area contributed by atoms with E-state index in [0.29, 0.717) is 6.07 Å². The zero-order valence-electron chi connectivity index (χ0n) is 9.86. The van der Waals surface area contributed by atoms with Gasteiger partial charge in [0.2, 0.25) is 10.0 Å². The molecule has 0 spiro atoms. The van der Waals surface area contributed by atoms with Crippen molar-refractivity contribution in [3.05, 3.63) is 29.8 Å².